The molecule has 4 aliphatic rings. The molecule has 1 fully saturated rings. The number of hydrogen-bond acceptors (Lipinski definition) is 1. The molecule has 1 heteroatoms. The zero-order chi connectivity index (χ0) is 37.2. The van der Waals surface area contributed by atoms with Gasteiger partial charge in [-0.2, -0.15) is 0 Å². The molecule has 0 amide bonds. The lowest BCUT2D eigenvalue weighted by atomic mass is 9.78. The quantitative estimate of drug-likeness (QED) is 0.173. The van der Waals surface area contributed by atoms with E-state index in [1.54, 1.807) is 0 Å². The molecule has 4 aliphatic carbocycles. The Morgan fingerprint density at radius 1 is 0.556 bits per heavy atom. The maximum atomic E-state index is 2.73. The van der Waals surface area contributed by atoms with Crippen molar-refractivity contribution in [1.82, 2.24) is 0 Å². The molecule has 266 valence electrons. The first-order valence-electron chi connectivity index (χ1n) is 19.8. The van der Waals surface area contributed by atoms with Gasteiger partial charge in [0.2, 0.25) is 0 Å². The zero-order valence-corrected chi connectivity index (χ0v) is 32.7. The minimum atomic E-state index is -0.182. The summed E-state index contributed by atoms with van der Waals surface area (Å²) in [4.78, 5) is 2.73. The molecular formula is C53H49N. The average Bonchev–Trinajstić information content (AvgIpc) is 3.80. The average molecular weight is 700 g/mol. The first kappa shape index (κ1) is 33.2. The largest absolute Gasteiger partial charge is 0.331 e. The lowest BCUT2D eigenvalue weighted by Crippen LogP contribution is -2.36. The predicted octanol–water partition coefficient (Wildman–Crippen LogP) is 13.8. The van der Waals surface area contributed by atoms with Gasteiger partial charge < -0.3 is 4.90 Å². The van der Waals surface area contributed by atoms with Crippen LogP contribution in [0, 0.1) is 5.92 Å². The topological polar surface area (TPSA) is 3.24 Å². The highest BCUT2D eigenvalue weighted by Crippen LogP contribution is 2.65. The van der Waals surface area contributed by atoms with Gasteiger partial charge in [-0.1, -0.05) is 182 Å². The molecule has 1 saturated carbocycles. The van der Waals surface area contributed by atoms with Gasteiger partial charge in [-0.05, 0) is 96.8 Å². The summed E-state index contributed by atoms with van der Waals surface area (Å²) in [6.45, 7) is 16.6. The van der Waals surface area contributed by atoms with Gasteiger partial charge in [0.15, 0.2) is 0 Å². The van der Waals surface area contributed by atoms with Gasteiger partial charge in [-0.15, -0.1) is 0 Å². The van der Waals surface area contributed by atoms with Crippen molar-refractivity contribution in [3.05, 3.63) is 185 Å². The van der Waals surface area contributed by atoms with Crippen LogP contribution in [0.2, 0.25) is 0 Å². The molecule has 0 saturated heterocycles. The Kier molecular flexibility index (Phi) is 6.95. The van der Waals surface area contributed by atoms with Crippen LogP contribution < -0.4 is 4.90 Å². The van der Waals surface area contributed by atoms with E-state index in [2.05, 4.69) is 205 Å². The fourth-order valence-corrected chi connectivity index (χ4v) is 10.3. The summed E-state index contributed by atoms with van der Waals surface area (Å²) >= 11 is 0. The predicted molar refractivity (Wildman–Crippen MR) is 229 cm³/mol. The highest BCUT2D eigenvalue weighted by atomic mass is 15.3. The molecule has 1 nitrogen and oxygen atoms in total. The third kappa shape index (κ3) is 4.70. The minimum Gasteiger partial charge on any atom is -0.331 e. The van der Waals surface area contributed by atoms with Crippen molar-refractivity contribution in [1.29, 1.82) is 0 Å². The Hall–Kier alpha value is -5.40. The molecule has 0 N–H and O–H groups in total. The maximum absolute atomic E-state index is 2.73. The first-order chi connectivity index (χ1) is 25.9. The summed E-state index contributed by atoms with van der Waals surface area (Å²) in [6.07, 6.45) is 6.39. The van der Waals surface area contributed by atoms with Crippen LogP contribution in [0.3, 0.4) is 0 Å². The van der Waals surface area contributed by atoms with Gasteiger partial charge in [0.25, 0.3) is 0 Å². The van der Waals surface area contributed by atoms with Crippen molar-refractivity contribution in [2.45, 2.75) is 76.7 Å². The molecule has 0 bridgehead atoms. The zero-order valence-electron chi connectivity index (χ0n) is 32.7. The molecule has 2 atom stereocenters. The smallest absolute Gasteiger partial charge is 0.0710 e. The van der Waals surface area contributed by atoms with Crippen LogP contribution in [0.1, 0.15) is 82.7 Å². The first-order valence-corrected chi connectivity index (χ1v) is 19.8. The third-order valence-electron chi connectivity index (χ3n) is 13.3. The van der Waals surface area contributed by atoms with Gasteiger partial charge in [-0.3, -0.25) is 0 Å². The van der Waals surface area contributed by atoms with Crippen molar-refractivity contribution in [2.75, 3.05) is 4.90 Å². The van der Waals surface area contributed by atoms with Crippen LogP contribution >= 0.6 is 0 Å². The highest BCUT2D eigenvalue weighted by Gasteiger charge is 2.60. The molecule has 10 rings (SSSR count). The second-order valence-electron chi connectivity index (χ2n) is 18.2. The molecule has 0 heterocycles. The Balaban J connectivity index is 1.14. The number of fused-ring (bicyclic) bond motifs is 7. The molecule has 6 aromatic carbocycles. The summed E-state index contributed by atoms with van der Waals surface area (Å²) in [5.41, 5.74) is 20.0. The van der Waals surface area contributed by atoms with Gasteiger partial charge in [-0.25, -0.2) is 0 Å². The third-order valence-corrected chi connectivity index (χ3v) is 13.3. The Morgan fingerprint density at radius 2 is 1.20 bits per heavy atom. The van der Waals surface area contributed by atoms with E-state index in [9.17, 15) is 0 Å². The summed E-state index contributed by atoms with van der Waals surface area (Å²) in [5.74, 6) is 0.420. The van der Waals surface area contributed by atoms with E-state index in [-0.39, 0.29) is 21.8 Å². The minimum absolute atomic E-state index is 0.0589. The van der Waals surface area contributed by atoms with Gasteiger partial charge >= 0.3 is 0 Å². The Bertz CT molecular complexity index is 2550. The van der Waals surface area contributed by atoms with Crippen molar-refractivity contribution < 1.29 is 0 Å². The van der Waals surface area contributed by atoms with Gasteiger partial charge in [0, 0.05) is 33.7 Å². The molecule has 0 aromatic heterocycles. The van der Waals surface area contributed by atoms with E-state index in [1.165, 1.54) is 83.7 Å². The SMILES string of the molecule is CC(C)(C)c1ccc(-c2cccc3c2C(C)(C)c2cc(N(c4ccccc4-c4ccccc4)C45C=C6C(=CC4C5)c4ccccc4C6(C)C)ccc2-3)cc1. The van der Waals surface area contributed by atoms with E-state index < -0.39 is 0 Å². The second kappa shape index (κ2) is 11.3. The Labute approximate surface area is 321 Å². The van der Waals surface area contributed by atoms with E-state index in [1.807, 2.05) is 0 Å². The molecule has 6 aromatic rings. The number of anilines is 2. The van der Waals surface area contributed by atoms with Crippen molar-refractivity contribution >= 4 is 16.9 Å². The van der Waals surface area contributed by atoms with Crippen molar-refractivity contribution in [2.24, 2.45) is 5.92 Å². The summed E-state index contributed by atoms with van der Waals surface area (Å²) in [6, 6.07) is 52.7. The van der Waals surface area contributed by atoms with E-state index in [4.69, 9.17) is 0 Å². The number of nitrogens with zero attached hydrogens (tertiary/aromatic N) is 1. The van der Waals surface area contributed by atoms with Crippen LogP contribution in [-0.2, 0) is 16.2 Å². The molecule has 0 spiro atoms. The van der Waals surface area contributed by atoms with E-state index >= 15 is 0 Å². The van der Waals surface area contributed by atoms with E-state index in [0.29, 0.717) is 5.92 Å². The van der Waals surface area contributed by atoms with Gasteiger partial charge in [0.05, 0.1) is 5.54 Å². The lowest BCUT2D eigenvalue weighted by molar-refractivity contribution is 0.590. The van der Waals surface area contributed by atoms with Crippen LogP contribution in [0.4, 0.5) is 11.4 Å². The number of hydrogen-bond donors (Lipinski definition) is 0. The maximum Gasteiger partial charge on any atom is 0.0710 e. The van der Waals surface area contributed by atoms with E-state index in [0.717, 1.165) is 6.42 Å². The summed E-state index contributed by atoms with van der Waals surface area (Å²) in [5, 5.41) is 0. The molecule has 54 heavy (non-hydrogen) atoms. The van der Waals surface area contributed by atoms with Crippen LogP contribution in [-0.4, -0.2) is 5.54 Å². The van der Waals surface area contributed by atoms with Crippen LogP contribution in [0.15, 0.2) is 157 Å². The summed E-state index contributed by atoms with van der Waals surface area (Å²) < 4.78 is 0. The van der Waals surface area contributed by atoms with Crippen molar-refractivity contribution in [3.63, 3.8) is 0 Å². The number of para-hydroxylation sites is 1. The monoisotopic (exact) mass is 699 g/mol. The lowest BCUT2D eigenvalue weighted by Gasteiger charge is -2.38. The molecule has 2 unspecified atom stereocenters. The fraction of sp³-hybridized carbons (Fsp3) is 0.245. The number of allylic oxidation sites excluding steroid dienone is 2. The molecule has 0 radical (unpaired) electrons. The number of rotatable bonds is 5. The molecule has 0 aliphatic heterocycles. The highest BCUT2D eigenvalue weighted by molar-refractivity contribution is 5.95. The Morgan fingerprint density at radius 3 is 1.96 bits per heavy atom. The van der Waals surface area contributed by atoms with Gasteiger partial charge in [0.1, 0.15) is 0 Å². The number of benzene rings is 6. The molecular weight excluding hydrogens is 651 g/mol. The normalized spacial score (nSPS) is 20.8. The summed E-state index contributed by atoms with van der Waals surface area (Å²) in [7, 11) is 0. The van der Waals surface area contributed by atoms with Crippen molar-refractivity contribution in [3.8, 4) is 33.4 Å². The van der Waals surface area contributed by atoms with Crippen LogP contribution in [0.5, 0.6) is 0 Å². The standard InChI is InChI=1S/C53H49N/c1-50(2,3)36-26-24-35(25-27-36)40-20-15-21-43-42-29-28-38(31-46(42)52(6,7)49(40)43)54(48-23-14-12-18-39(48)34-16-9-8-10-17-34)53-32-37(53)30-44-41-19-11-13-22-45(41)51(4,5)47(44)33-53/h8-31,33,37H,32H2,1-7H3. The van der Waals surface area contributed by atoms with Crippen LogP contribution in [0.25, 0.3) is 39.0 Å². The fourth-order valence-electron chi connectivity index (χ4n) is 10.3. The second-order valence-corrected chi connectivity index (χ2v) is 18.2.